The Morgan fingerprint density at radius 1 is 1.00 bits per heavy atom. The normalized spacial score (nSPS) is 18.3. The van der Waals surface area contributed by atoms with E-state index in [2.05, 4.69) is 45.9 Å². The minimum Gasteiger partial charge on any atom is -0.444 e. The highest BCUT2D eigenvalue weighted by Crippen LogP contribution is 2.37. The number of aromatic nitrogens is 2. The van der Waals surface area contributed by atoms with Gasteiger partial charge in [0.15, 0.2) is 5.82 Å². The highest BCUT2D eigenvalue weighted by molar-refractivity contribution is 7.12. The standard InChI is InChI=1S/C35H37N5O4S/c1-35(2,3)44-34(43)39-19-24-15-26(45-30(24)20-39)18-37-32(41)29-14-12-25-17-36-31(33(42)40(25)29)38-28-13-11-22-9-10-23(16-27(22)28)21-7-5-4-6-8-21/h4-10,15-17,28-29H,11-14,18-20H2,1-3H3,(H,36,38)(H,37,41)/t28-,29-/m0/s1. The summed E-state index contributed by atoms with van der Waals surface area (Å²) < 4.78 is 7.13. The third kappa shape index (κ3) is 5.86. The zero-order chi connectivity index (χ0) is 31.3. The Balaban J connectivity index is 1.01. The summed E-state index contributed by atoms with van der Waals surface area (Å²) in [4.78, 5) is 47.9. The quantitative estimate of drug-likeness (QED) is 0.268. The van der Waals surface area contributed by atoms with Crippen molar-refractivity contribution in [2.75, 3.05) is 5.32 Å². The summed E-state index contributed by atoms with van der Waals surface area (Å²) >= 11 is 1.60. The monoisotopic (exact) mass is 623 g/mol. The van der Waals surface area contributed by atoms with Crippen LogP contribution in [-0.2, 0) is 42.0 Å². The van der Waals surface area contributed by atoms with Crippen LogP contribution < -0.4 is 16.2 Å². The van der Waals surface area contributed by atoms with E-state index < -0.39 is 11.6 Å². The number of aryl methyl sites for hydroxylation is 2. The predicted molar refractivity (Wildman–Crippen MR) is 174 cm³/mol. The molecule has 2 amide bonds. The lowest BCUT2D eigenvalue weighted by Gasteiger charge is -2.24. The van der Waals surface area contributed by atoms with Crippen molar-refractivity contribution in [2.45, 2.75) is 83.8 Å². The number of carbonyl (C=O) groups is 2. The molecule has 7 rings (SSSR count). The van der Waals surface area contributed by atoms with Gasteiger partial charge in [0, 0.05) is 21.6 Å². The maximum Gasteiger partial charge on any atom is 0.410 e. The van der Waals surface area contributed by atoms with Gasteiger partial charge in [-0.1, -0.05) is 42.5 Å². The number of nitrogens with one attached hydrogen (secondary N) is 2. The summed E-state index contributed by atoms with van der Waals surface area (Å²) in [7, 11) is 0. The first-order valence-electron chi connectivity index (χ1n) is 15.5. The van der Waals surface area contributed by atoms with E-state index >= 15 is 0 Å². The Morgan fingerprint density at radius 3 is 2.60 bits per heavy atom. The van der Waals surface area contributed by atoms with Crippen molar-refractivity contribution in [3.8, 4) is 11.1 Å². The molecule has 10 heteroatoms. The fourth-order valence-corrected chi connectivity index (χ4v) is 7.72. The molecule has 2 aliphatic heterocycles. The molecule has 2 aromatic carbocycles. The second-order valence-corrected chi connectivity index (χ2v) is 14.3. The average Bonchev–Trinajstić information content (AvgIpc) is 3.79. The number of anilines is 1. The lowest BCUT2D eigenvalue weighted by Crippen LogP contribution is -2.36. The van der Waals surface area contributed by atoms with Crippen molar-refractivity contribution in [3.63, 3.8) is 0 Å². The maximum atomic E-state index is 13.7. The van der Waals surface area contributed by atoms with Crippen molar-refractivity contribution < 1.29 is 14.3 Å². The summed E-state index contributed by atoms with van der Waals surface area (Å²) in [5, 5.41) is 6.48. The molecule has 0 saturated heterocycles. The van der Waals surface area contributed by atoms with Gasteiger partial charge >= 0.3 is 6.09 Å². The Hall–Kier alpha value is -4.44. The molecule has 1 aliphatic carbocycles. The number of amides is 2. The summed E-state index contributed by atoms with van der Waals surface area (Å²) in [6, 6.07) is 18.3. The molecule has 2 aromatic heterocycles. The van der Waals surface area contributed by atoms with Crippen LogP contribution in [0.5, 0.6) is 0 Å². The number of rotatable bonds is 6. The van der Waals surface area contributed by atoms with Crippen LogP contribution >= 0.6 is 11.3 Å². The molecule has 0 fully saturated rings. The van der Waals surface area contributed by atoms with Crippen molar-refractivity contribution in [3.05, 3.63) is 103 Å². The minimum atomic E-state index is -0.578. The smallest absolute Gasteiger partial charge is 0.410 e. The van der Waals surface area contributed by atoms with E-state index in [1.165, 1.54) is 11.1 Å². The Bertz CT molecular complexity index is 1820. The lowest BCUT2D eigenvalue weighted by atomic mass is 9.99. The van der Waals surface area contributed by atoms with Crippen molar-refractivity contribution in [1.82, 2.24) is 19.8 Å². The van der Waals surface area contributed by atoms with Gasteiger partial charge in [0.2, 0.25) is 5.91 Å². The highest BCUT2D eigenvalue weighted by Gasteiger charge is 2.33. The number of ether oxygens (including phenoxy) is 1. The van der Waals surface area contributed by atoms with Crippen LogP contribution in [0.1, 0.15) is 77.8 Å². The largest absolute Gasteiger partial charge is 0.444 e. The summed E-state index contributed by atoms with van der Waals surface area (Å²) in [6.07, 6.45) is 4.41. The number of hydrogen-bond acceptors (Lipinski definition) is 7. The van der Waals surface area contributed by atoms with Gasteiger partial charge in [0.25, 0.3) is 5.56 Å². The summed E-state index contributed by atoms with van der Waals surface area (Å²) in [6.45, 7) is 6.97. The molecular formula is C35H37N5O4S. The topological polar surface area (TPSA) is 106 Å². The van der Waals surface area contributed by atoms with Gasteiger partial charge in [-0.15, -0.1) is 11.3 Å². The van der Waals surface area contributed by atoms with Crippen molar-refractivity contribution in [1.29, 1.82) is 0 Å². The molecule has 0 radical (unpaired) electrons. The minimum absolute atomic E-state index is 0.0248. The fraction of sp³-hybridized carbons (Fsp3) is 0.371. The van der Waals surface area contributed by atoms with Crippen LogP contribution in [0.15, 0.2) is 65.6 Å². The molecule has 9 nitrogen and oxygen atoms in total. The van der Waals surface area contributed by atoms with Crippen LogP contribution in [-0.4, -0.2) is 32.1 Å². The zero-order valence-corrected chi connectivity index (χ0v) is 26.6. The van der Waals surface area contributed by atoms with Gasteiger partial charge in [0.1, 0.15) is 11.6 Å². The van der Waals surface area contributed by atoms with Gasteiger partial charge < -0.3 is 15.4 Å². The molecule has 4 heterocycles. The number of carbonyl (C=O) groups excluding carboxylic acids is 2. The number of fused-ring (bicyclic) bond motifs is 3. The Morgan fingerprint density at radius 2 is 1.82 bits per heavy atom. The van der Waals surface area contributed by atoms with E-state index in [4.69, 9.17) is 4.74 Å². The van der Waals surface area contributed by atoms with Crippen LogP contribution in [0.25, 0.3) is 11.1 Å². The van der Waals surface area contributed by atoms with E-state index in [0.717, 1.165) is 45.0 Å². The molecule has 232 valence electrons. The highest BCUT2D eigenvalue weighted by atomic mass is 32.1. The molecule has 0 bridgehead atoms. The molecular weight excluding hydrogens is 586 g/mol. The number of nitrogens with zero attached hydrogens (tertiary/aromatic N) is 3. The Kier molecular flexibility index (Phi) is 7.47. The van der Waals surface area contributed by atoms with Crippen LogP contribution in [0.2, 0.25) is 0 Å². The summed E-state index contributed by atoms with van der Waals surface area (Å²) in [5.74, 6) is 0.112. The third-order valence-electron chi connectivity index (χ3n) is 8.74. The van der Waals surface area contributed by atoms with E-state index in [0.29, 0.717) is 32.5 Å². The predicted octanol–water partition coefficient (Wildman–Crippen LogP) is 6.13. The first-order valence-corrected chi connectivity index (χ1v) is 16.4. The molecule has 0 saturated carbocycles. The molecule has 3 aliphatic rings. The molecule has 0 unspecified atom stereocenters. The Labute approximate surface area is 266 Å². The molecule has 2 N–H and O–H groups in total. The third-order valence-corrected chi connectivity index (χ3v) is 9.90. The van der Waals surface area contributed by atoms with Crippen molar-refractivity contribution >= 4 is 29.2 Å². The number of thiophene rings is 1. The summed E-state index contributed by atoms with van der Waals surface area (Å²) in [5.41, 5.74) is 5.85. The van der Waals surface area contributed by atoms with Crippen molar-refractivity contribution in [2.24, 2.45) is 0 Å². The van der Waals surface area contributed by atoms with Gasteiger partial charge in [-0.05, 0) is 86.4 Å². The van der Waals surface area contributed by atoms with Gasteiger partial charge in [-0.2, -0.15) is 0 Å². The van der Waals surface area contributed by atoms with E-state index in [-0.39, 0.29) is 29.4 Å². The molecule has 2 atom stereocenters. The molecule has 45 heavy (non-hydrogen) atoms. The van der Waals surface area contributed by atoms with Crippen LogP contribution in [0.3, 0.4) is 0 Å². The second kappa shape index (κ2) is 11.5. The second-order valence-electron chi connectivity index (χ2n) is 13.1. The zero-order valence-electron chi connectivity index (χ0n) is 25.8. The first-order chi connectivity index (χ1) is 21.6. The van der Waals surface area contributed by atoms with Gasteiger partial charge in [-0.3, -0.25) is 19.1 Å². The SMILES string of the molecule is CC(C)(C)OC(=O)N1Cc2cc(CNC(=O)[C@@H]3CCc4cnc(N[C@H]5CCc6ccc(-c7ccccc7)cc65)c(=O)n43)sc2C1. The first kappa shape index (κ1) is 29.3. The van der Waals surface area contributed by atoms with Gasteiger partial charge in [-0.25, -0.2) is 9.78 Å². The van der Waals surface area contributed by atoms with E-state index in [1.54, 1.807) is 27.0 Å². The number of hydrogen-bond donors (Lipinski definition) is 2. The molecule has 4 aromatic rings. The fourth-order valence-electron chi connectivity index (χ4n) is 6.58. The van der Waals surface area contributed by atoms with Crippen LogP contribution in [0, 0.1) is 0 Å². The lowest BCUT2D eigenvalue weighted by molar-refractivity contribution is -0.124. The number of benzene rings is 2. The van der Waals surface area contributed by atoms with Crippen LogP contribution in [0.4, 0.5) is 10.6 Å². The average molecular weight is 624 g/mol. The maximum absolute atomic E-state index is 13.7. The van der Waals surface area contributed by atoms with E-state index in [9.17, 15) is 14.4 Å². The van der Waals surface area contributed by atoms with E-state index in [1.807, 2.05) is 45.0 Å². The molecule has 0 spiro atoms. The van der Waals surface area contributed by atoms with Gasteiger partial charge in [0.05, 0.1) is 25.7 Å².